The van der Waals surface area contributed by atoms with E-state index in [2.05, 4.69) is 9.80 Å². The fourth-order valence-electron chi connectivity index (χ4n) is 2.93. The summed E-state index contributed by atoms with van der Waals surface area (Å²) in [6.45, 7) is 7.79. The number of rotatable bonds is 7. The molecule has 3 rings (SSSR count). The molecule has 5 nitrogen and oxygen atoms in total. The van der Waals surface area contributed by atoms with Crippen molar-refractivity contribution in [2.45, 2.75) is 19.6 Å². The molecule has 0 radical (unpaired) electrons. The van der Waals surface area contributed by atoms with Crippen molar-refractivity contribution in [3.05, 3.63) is 54.0 Å². The Bertz CT molecular complexity index is 590. The Morgan fingerprint density at radius 1 is 1.08 bits per heavy atom. The molecule has 1 aromatic heterocycles. The zero-order valence-electron chi connectivity index (χ0n) is 14.2. The lowest BCUT2D eigenvalue weighted by molar-refractivity contribution is 0.0434. The highest BCUT2D eigenvalue weighted by Crippen LogP contribution is 2.12. The van der Waals surface area contributed by atoms with Gasteiger partial charge in [-0.1, -0.05) is 17.7 Å². The minimum Gasteiger partial charge on any atom is -0.491 e. The van der Waals surface area contributed by atoms with Crippen LogP contribution in [0.5, 0.6) is 5.75 Å². The summed E-state index contributed by atoms with van der Waals surface area (Å²) in [5.74, 6) is 1.82. The molecule has 0 amide bonds. The van der Waals surface area contributed by atoms with Gasteiger partial charge >= 0.3 is 0 Å². The normalized spacial score (nSPS) is 17.8. The van der Waals surface area contributed by atoms with Crippen LogP contribution in [-0.2, 0) is 6.54 Å². The smallest absolute Gasteiger partial charge is 0.119 e. The number of hydrogen-bond donors (Lipinski definition) is 1. The van der Waals surface area contributed by atoms with Gasteiger partial charge in [0.05, 0.1) is 12.8 Å². The number of aryl methyl sites for hydroxylation is 1. The zero-order chi connectivity index (χ0) is 16.8. The van der Waals surface area contributed by atoms with E-state index < -0.39 is 6.10 Å². The van der Waals surface area contributed by atoms with Gasteiger partial charge in [-0.05, 0) is 31.2 Å². The molecule has 1 unspecified atom stereocenters. The zero-order valence-corrected chi connectivity index (χ0v) is 14.2. The predicted octanol–water partition coefficient (Wildman–Crippen LogP) is 2.15. The van der Waals surface area contributed by atoms with Crippen LogP contribution in [0.3, 0.4) is 0 Å². The van der Waals surface area contributed by atoms with Gasteiger partial charge in [-0.15, -0.1) is 0 Å². The Morgan fingerprint density at radius 2 is 1.79 bits per heavy atom. The first-order valence-corrected chi connectivity index (χ1v) is 8.53. The molecule has 130 valence electrons. The predicted molar refractivity (Wildman–Crippen MR) is 93.1 cm³/mol. The average molecular weight is 330 g/mol. The minimum absolute atomic E-state index is 0.329. The number of piperazine rings is 1. The Morgan fingerprint density at radius 3 is 2.46 bits per heavy atom. The van der Waals surface area contributed by atoms with Crippen molar-refractivity contribution in [1.29, 1.82) is 0 Å². The van der Waals surface area contributed by atoms with Gasteiger partial charge in [0.1, 0.15) is 24.2 Å². The number of furan rings is 1. The molecule has 1 aromatic carbocycles. The molecule has 0 saturated carbocycles. The van der Waals surface area contributed by atoms with E-state index in [0.29, 0.717) is 13.2 Å². The van der Waals surface area contributed by atoms with Crippen molar-refractivity contribution in [2.24, 2.45) is 0 Å². The van der Waals surface area contributed by atoms with E-state index in [1.807, 2.05) is 43.3 Å². The van der Waals surface area contributed by atoms with Gasteiger partial charge in [0.2, 0.25) is 0 Å². The maximum absolute atomic E-state index is 10.2. The highest BCUT2D eigenvalue weighted by molar-refractivity contribution is 5.26. The van der Waals surface area contributed by atoms with Gasteiger partial charge in [-0.3, -0.25) is 9.80 Å². The number of ether oxygens (including phenoxy) is 1. The highest BCUT2D eigenvalue weighted by Gasteiger charge is 2.20. The quantitative estimate of drug-likeness (QED) is 0.843. The second kappa shape index (κ2) is 8.33. The molecule has 1 atom stereocenters. The lowest BCUT2D eigenvalue weighted by Crippen LogP contribution is -2.48. The first kappa shape index (κ1) is 17.0. The molecule has 2 heterocycles. The Labute approximate surface area is 143 Å². The number of hydrogen-bond acceptors (Lipinski definition) is 5. The van der Waals surface area contributed by atoms with Crippen LogP contribution in [0.25, 0.3) is 0 Å². The molecule has 1 saturated heterocycles. The molecule has 0 aliphatic carbocycles. The van der Waals surface area contributed by atoms with E-state index >= 15 is 0 Å². The van der Waals surface area contributed by atoms with E-state index in [-0.39, 0.29) is 0 Å². The van der Waals surface area contributed by atoms with Crippen molar-refractivity contribution in [1.82, 2.24) is 9.80 Å². The maximum Gasteiger partial charge on any atom is 0.119 e. The monoisotopic (exact) mass is 330 g/mol. The SMILES string of the molecule is Cc1ccc(OCC(O)CN2CCN(Cc3ccco3)CC2)cc1. The van der Waals surface area contributed by atoms with Crippen molar-refractivity contribution in [2.75, 3.05) is 39.3 Å². The first-order valence-electron chi connectivity index (χ1n) is 8.53. The topological polar surface area (TPSA) is 49.1 Å². The van der Waals surface area contributed by atoms with E-state index in [9.17, 15) is 5.11 Å². The summed E-state index contributed by atoms with van der Waals surface area (Å²) in [5, 5.41) is 10.2. The Kier molecular flexibility index (Phi) is 5.91. The van der Waals surface area contributed by atoms with Crippen LogP contribution in [0.1, 0.15) is 11.3 Å². The summed E-state index contributed by atoms with van der Waals surface area (Å²) in [4.78, 5) is 4.67. The standard InChI is InChI=1S/C19H26N2O3/c1-16-4-6-18(7-5-16)24-15-17(22)13-20-8-10-21(11-9-20)14-19-3-2-12-23-19/h2-7,12,17,22H,8-11,13-15H2,1H3. The van der Waals surface area contributed by atoms with Crippen LogP contribution in [-0.4, -0.2) is 60.3 Å². The van der Waals surface area contributed by atoms with E-state index in [1.165, 1.54) is 5.56 Å². The number of β-amino-alcohol motifs (C(OH)–C–C–N with tert-alkyl or cyclic N) is 1. The lowest BCUT2D eigenvalue weighted by atomic mass is 10.2. The highest BCUT2D eigenvalue weighted by atomic mass is 16.5. The molecule has 1 aliphatic heterocycles. The van der Waals surface area contributed by atoms with Crippen LogP contribution < -0.4 is 4.74 Å². The van der Waals surface area contributed by atoms with Crippen LogP contribution in [0.15, 0.2) is 47.1 Å². The molecule has 0 spiro atoms. The first-order chi connectivity index (χ1) is 11.7. The molecule has 0 bridgehead atoms. The fourth-order valence-corrected chi connectivity index (χ4v) is 2.93. The van der Waals surface area contributed by atoms with Gasteiger partial charge < -0.3 is 14.3 Å². The minimum atomic E-state index is -0.470. The van der Waals surface area contributed by atoms with Crippen molar-refractivity contribution < 1.29 is 14.3 Å². The fraction of sp³-hybridized carbons (Fsp3) is 0.474. The summed E-state index contributed by atoms with van der Waals surface area (Å²) in [7, 11) is 0. The second-order valence-corrected chi connectivity index (χ2v) is 6.43. The number of aliphatic hydroxyl groups excluding tert-OH is 1. The summed E-state index contributed by atoms with van der Waals surface area (Å²) < 4.78 is 11.1. The maximum atomic E-state index is 10.2. The van der Waals surface area contributed by atoms with E-state index in [1.54, 1.807) is 6.26 Å². The summed E-state index contributed by atoms with van der Waals surface area (Å²) in [6, 6.07) is 11.8. The van der Waals surface area contributed by atoms with Gasteiger partial charge in [0.25, 0.3) is 0 Å². The number of aliphatic hydroxyl groups is 1. The van der Waals surface area contributed by atoms with Gasteiger partial charge in [0.15, 0.2) is 0 Å². The summed E-state index contributed by atoms with van der Waals surface area (Å²) >= 11 is 0. The van der Waals surface area contributed by atoms with Crippen LogP contribution in [0.2, 0.25) is 0 Å². The molecule has 2 aromatic rings. The molecule has 1 N–H and O–H groups in total. The van der Waals surface area contributed by atoms with Crippen LogP contribution in [0.4, 0.5) is 0 Å². The largest absolute Gasteiger partial charge is 0.491 e. The molecular weight excluding hydrogens is 304 g/mol. The molecule has 1 fully saturated rings. The Hall–Kier alpha value is -1.82. The third kappa shape index (κ3) is 5.09. The van der Waals surface area contributed by atoms with Crippen molar-refractivity contribution in [3.63, 3.8) is 0 Å². The van der Waals surface area contributed by atoms with Crippen molar-refractivity contribution in [3.8, 4) is 5.75 Å². The molecular formula is C19H26N2O3. The molecule has 5 heteroatoms. The van der Waals surface area contributed by atoms with E-state index in [4.69, 9.17) is 9.15 Å². The van der Waals surface area contributed by atoms with Gasteiger partial charge in [0, 0.05) is 32.7 Å². The second-order valence-electron chi connectivity index (χ2n) is 6.43. The molecule has 1 aliphatic rings. The van der Waals surface area contributed by atoms with E-state index in [0.717, 1.165) is 44.2 Å². The van der Waals surface area contributed by atoms with Crippen LogP contribution in [0, 0.1) is 6.92 Å². The summed E-state index contributed by atoms with van der Waals surface area (Å²) in [6.07, 6.45) is 1.25. The van der Waals surface area contributed by atoms with Crippen molar-refractivity contribution >= 4 is 0 Å². The number of nitrogens with zero attached hydrogens (tertiary/aromatic N) is 2. The van der Waals surface area contributed by atoms with Gasteiger partial charge in [-0.2, -0.15) is 0 Å². The Balaban J connectivity index is 1.35. The molecule has 24 heavy (non-hydrogen) atoms. The van der Waals surface area contributed by atoms with Crippen LogP contribution >= 0.6 is 0 Å². The van der Waals surface area contributed by atoms with Gasteiger partial charge in [-0.25, -0.2) is 0 Å². The lowest BCUT2D eigenvalue weighted by Gasteiger charge is -2.35. The third-order valence-corrected chi connectivity index (χ3v) is 4.36. The number of benzene rings is 1. The summed E-state index contributed by atoms with van der Waals surface area (Å²) in [5.41, 5.74) is 1.20. The average Bonchev–Trinajstić information content (AvgIpc) is 3.09. The third-order valence-electron chi connectivity index (χ3n) is 4.36.